The Morgan fingerprint density at radius 1 is 0.388 bits per heavy atom. The summed E-state index contributed by atoms with van der Waals surface area (Å²) in [6.45, 7) is 2.14. The van der Waals surface area contributed by atoms with Gasteiger partial charge in [0.25, 0.3) is 0 Å². The van der Waals surface area contributed by atoms with E-state index in [-0.39, 0.29) is 0 Å². The zero-order valence-corrected chi connectivity index (χ0v) is 27.2. The maximum absolute atomic E-state index is 6.42. The summed E-state index contributed by atoms with van der Waals surface area (Å²) in [6.07, 6.45) is 0. The van der Waals surface area contributed by atoms with E-state index in [4.69, 9.17) is 4.42 Å². The van der Waals surface area contributed by atoms with Crippen LogP contribution in [0.15, 0.2) is 186 Å². The van der Waals surface area contributed by atoms with Gasteiger partial charge < -0.3 is 9.32 Å². The molecule has 1 heterocycles. The SMILES string of the molecule is Cc1c(-c2cccc(N(c3ccc(-c4ccccc4-c4ccccc4)cc3)c3ccc4c(ccc5ccccc54)c3)c2)oc2ccccc12. The molecule has 0 saturated heterocycles. The van der Waals surface area contributed by atoms with Gasteiger partial charge in [0.2, 0.25) is 0 Å². The number of fused-ring (bicyclic) bond motifs is 4. The summed E-state index contributed by atoms with van der Waals surface area (Å²) in [5.74, 6) is 0.904. The number of aryl methyl sites for hydroxylation is 1. The number of anilines is 3. The number of para-hydroxylation sites is 1. The van der Waals surface area contributed by atoms with E-state index < -0.39 is 0 Å². The summed E-state index contributed by atoms with van der Waals surface area (Å²) in [7, 11) is 0. The highest BCUT2D eigenvalue weighted by Crippen LogP contribution is 2.41. The molecular weight excluding hydrogens is 595 g/mol. The van der Waals surface area contributed by atoms with Gasteiger partial charge in [0, 0.05) is 33.6 Å². The van der Waals surface area contributed by atoms with Crippen LogP contribution in [0.1, 0.15) is 5.56 Å². The van der Waals surface area contributed by atoms with Crippen LogP contribution in [0.2, 0.25) is 0 Å². The van der Waals surface area contributed by atoms with Crippen molar-refractivity contribution in [3.63, 3.8) is 0 Å². The second-order valence-corrected chi connectivity index (χ2v) is 12.6. The zero-order valence-electron chi connectivity index (χ0n) is 27.2. The molecule has 0 bridgehead atoms. The molecule has 9 aromatic rings. The van der Waals surface area contributed by atoms with Gasteiger partial charge in [-0.1, -0.05) is 140 Å². The van der Waals surface area contributed by atoms with E-state index in [1.54, 1.807) is 0 Å². The van der Waals surface area contributed by atoms with Crippen molar-refractivity contribution in [3.05, 3.63) is 188 Å². The normalized spacial score (nSPS) is 11.4. The molecule has 0 fully saturated rings. The summed E-state index contributed by atoms with van der Waals surface area (Å²) in [5, 5.41) is 6.12. The third-order valence-electron chi connectivity index (χ3n) is 9.65. The predicted octanol–water partition coefficient (Wildman–Crippen LogP) is 13.5. The van der Waals surface area contributed by atoms with Crippen LogP contribution < -0.4 is 4.90 Å². The number of nitrogens with zero attached hydrogens (tertiary/aromatic N) is 1. The summed E-state index contributed by atoms with van der Waals surface area (Å²) >= 11 is 0. The van der Waals surface area contributed by atoms with Gasteiger partial charge in [0.05, 0.1) is 0 Å². The molecule has 0 atom stereocenters. The monoisotopic (exact) mass is 627 g/mol. The standard InChI is InChI=1S/C47H33NO/c1-32-41-17-9-10-21-46(41)49-47(32)37-15-11-16-39(31-37)48(40-28-29-45-36(30-40)23-22-34-14-5-6-18-43(34)45)38-26-24-35(25-27-38)44-20-8-7-19-42(44)33-12-3-2-4-13-33/h2-31H,1H3. The fraction of sp³-hybridized carbons (Fsp3) is 0.0213. The molecular formula is C47H33NO. The van der Waals surface area contributed by atoms with Crippen molar-refractivity contribution in [2.24, 2.45) is 0 Å². The van der Waals surface area contributed by atoms with Gasteiger partial charge in [-0.25, -0.2) is 0 Å². The van der Waals surface area contributed by atoms with Gasteiger partial charge in [-0.2, -0.15) is 0 Å². The van der Waals surface area contributed by atoms with Gasteiger partial charge in [-0.3, -0.25) is 0 Å². The van der Waals surface area contributed by atoms with Crippen LogP contribution >= 0.6 is 0 Å². The fourth-order valence-corrected chi connectivity index (χ4v) is 7.22. The molecule has 0 saturated carbocycles. The second-order valence-electron chi connectivity index (χ2n) is 12.6. The minimum Gasteiger partial charge on any atom is -0.456 e. The number of furan rings is 1. The highest BCUT2D eigenvalue weighted by atomic mass is 16.3. The lowest BCUT2D eigenvalue weighted by atomic mass is 9.94. The van der Waals surface area contributed by atoms with E-state index in [1.165, 1.54) is 43.8 Å². The summed E-state index contributed by atoms with van der Waals surface area (Å²) in [5.41, 5.74) is 11.2. The molecule has 8 aromatic carbocycles. The molecule has 0 amide bonds. The second kappa shape index (κ2) is 12.0. The lowest BCUT2D eigenvalue weighted by Crippen LogP contribution is -2.10. The summed E-state index contributed by atoms with van der Waals surface area (Å²) in [6, 6.07) is 65.0. The molecule has 0 aliphatic rings. The first-order valence-electron chi connectivity index (χ1n) is 16.8. The summed E-state index contributed by atoms with van der Waals surface area (Å²) < 4.78 is 6.42. The lowest BCUT2D eigenvalue weighted by Gasteiger charge is -2.26. The van der Waals surface area contributed by atoms with Crippen molar-refractivity contribution in [2.45, 2.75) is 6.92 Å². The molecule has 2 heteroatoms. The Morgan fingerprint density at radius 3 is 1.78 bits per heavy atom. The van der Waals surface area contributed by atoms with Gasteiger partial charge in [-0.05, 0) is 93.2 Å². The third kappa shape index (κ3) is 5.15. The van der Waals surface area contributed by atoms with Crippen LogP contribution in [0.4, 0.5) is 17.1 Å². The van der Waals surface area contributed by atoms with Gasteiger partial charge in [0.15, 0.2) is 0 Å². The van der Waals surface area contributed by atoms with Crippen molar-refractivity contribution in [3.8, 4) is 33.6 Å². The first-order valence-corrected chi connectivity index (χ1v) is 16.8. The number of hydrogen-bond donors (Lipinski definition) is 0. The average Bonchev–Trinajstić information content (AvgIpc) is 3.51. The van der Waals surface area contributed by atoms with E-state index >= 15 is 0 Å². The first kappa shape index (κ1) is 28.8. The number of rotatable bonds is 6. The van der Waals surface area contributed by atoms with Crippen LogP contribution in [0.5, 0.6) is 0 Å². The first-order chi connectivity index (χ1) is 24.2. The molecule has 0 unspecified atom stereocenters. The van der Waals surface area contributed by atoms with E-state index in [0.29, 0.717) is 0 Å². The highest BCUT2D eigenvalue weighted by Gasteiger charge is 2.18. The summed E-state index contributed by atoms with van der Waals surface area (Å²) in [4.78, 5) is 2.35. The fourth-order valence-electron chi connectivity index (χ4n) is 7.22. The van der Waals surface area contributed by atoms with Gasteiger partial charge in [0.1, 0.15) is 11.3 Å². The van der Waals surface area contributed by atoms with Crippen LogP contribution in [-0.2, 0) is 0 Å². The van der Waals surface area contributed by atoms with Gasteiger partial charge in [-0.15, -0.1) is 0 Å². The van der Waals surface area contributed by atoms with Crippen molar-refractivity contribution < 1.29 is 4.42 Å². The highest BCUT2D eigenvalue weighted by molar-refractivity contribution is 6.08. The van der Waals surface area contributed by atoms with Crippen molar-refractivity contribution in [2.75, 3.05) is 4.90 Å². The van der Waals surface area contributed by atoms with Crippen LogP contribution in [0.25, 0.3) is 66.1 Å². The lowest BCUT2D eigenvalue weighted by molar-refractivity contribution is 0.629. The molecule has 49 heavy (non-hydrogen) atoms. The minimum atomic E-state index is 0.904. The van der Waals surface area contributed by atoms with Crippen molar-refractivity contribution in [1.82, 2.24) is 0 Å². The number of hydrogen-bond acceptors (Lipinski definition) is 2. The molecule has 2 nitrogen and oxygen atoms in total. The maximum Gasteiger partial charge on any atom is 0.138 e. The predicted molar refractivity (Wildman–Crippen MR) is 207 cm³/mol. The molecule has 0 spiro atoms. The Balaban J connectivity index is 1.19. The Labute approximate surface area is 286 Å². The molecule has 0 N–H and O–H groups in total. The smallest absolute Gasteiger partial charge is 0.138 e. The Kier molecular flexibility index (Phi) is 7.06. The quantitative estimate of drug-likeness (QED) is 0.171. The maximum atomic E-state index is 6.42. The molecule has 9 rings (SSSR count). The molecule has 1 aromatic heterocycles. The number of benzene rings is 8. The molecule has 232 valence electrons. The van der Waals surface area contributed by atoms with E-state index in [0.717, 1.165) is 44.9 Å². The van der Waals surface area contributed by atoms with E-state index in [9.17, 15) is 0 Å². The van der Waals surface area contributed by atoms with Crippen molar-refractivity contribution in [1.29, 1.82) is 0 Å². The Morgan fingerprint density at radius 2 is 0.980 bits per heavy atom. The largest absolute Gasteiger partial charge is 0.456 e. The molecule has 0 radical (unpaired) electrons. The topological polar surface area (TPSA) is 16.4 Å². The average molecular weight is 628 g/mol. The van der Waals surface area contributed by atoms with E-state index in [2.05, 4.69) is 182 Å². The zero-order chi connectivity index (χ0) is 32.7. The van der Waals surface area contributed by atoms with Gasteiger partial charge >= 0.3 is 0 Å². The Bertz CT molecular complexity index is 2610. The van der Waals surface area contributed by atoms with Crippen LogP contribution in [-0.4, -0.2) is 0 Å². The minimum absolute atomic E-state index is 0.904. The van der Waals surface area contributed by atoms with E-state index in [1.807, 2.05) is 12.1 Å². The third-order valence-corrected chi connectivity index (χ3v) is 9.65. The Hall–Kier alpha value is -6.38. The molecule has 0 aliphatic heterocycles. The van der Waals surface area contributed by atoms with Crippen molar-refractivity contribution >= 4 is 49.6 Å². The molecule has 0 aliphatic carbocycles. The van der Waals surface area contributed by atoms with Crippen LogP contribution in [0.3, 0.4) is 0 Å². The van der Waals surface area contributed by atoms with Crippen LogP contribution in [0, 0.1) is 6.92 Å².